The van der Waals surface area contributed by atoms with Crippen molar-refractivity contribution in [1.82, 2.24) is 0 Å². The van der Waals surface area contributed by atoms with Gasteiger partial charge in [0.25, 0.3) is 0 Å². The number of rotatable bonds is 4. The summed E-state index contributed by atoms with van der Waals surface area (Å²) in [6.45, 7) is 16.8. The van der Waals surface area contributed by atoms with Crippen LogP contribution in [0.5, 0.6) is 0 Å². The zero-order valence-electron chi connectivity index (χ0n) is 20.8. The molecule has 0 aromatic rings. The smallest absolute Gasteiger partial charge is 0.0594 e. The quantitative estimate of drug-likeness (QED) is 0.465. The van der Waals surface area contributed by atoms with Crippen LogP contribution >= 0.6 is 0 Å². The second-order valence-corrected chi connectivity index (χ2v) is 12.6. The molecule has 0 spiro atoms. The first-order chi connectivity index (χ1) is 14.0. The van der Waals surface area contributed by atoms with Crippen molar-refractivity contribution < 1.29 is 5.11 Å². The lowest BCUT2D eigenvalue weighted by atomic mass is 9.46. The largest absolute Gasteiger partial charge is 0.393 e. The van der Waals surface area contributed by atoms with Gasteiger partial charge in [-0.25, -0.2) is 0 Å². The van der Waals surface area contributed by atoms with Crippen LogP contribution in [0.4, 0.5) is 0 Å². The molecular weight excluding hydrogens is 364 g/mol. The van der Waals surface area contributed by atoms with Crippen LogP contribution < -0.4 is 0 Å². The Labute approximate surface area is 186 Å². The Bertz CT molecular complexity index is 776. The maximum absolute atomic E-state index is 10.7. The van der Waals surface area contributed by atoms with Crippen LogP contribution in [0.25, 0.3) is 0 Å². The molecule has 168 valence electrons. The van der Waals surface area contributed by atoms with E-state index in [2.05, 4.69) is 60.6 Å². The Morgan fingerprint density at radius 1 is 1.10 bits per heavy atom. The fourth-order valence-corrected chi connectivity index (χ4v) is 8.41. The number of hydrogen-bond acceptors (Lipinski definition) is 1. The minimum Gasteiger partial charge on any atom is -0.393 e. The number of hydrogen-bond donors (Lipinski definition) is 1. The third-order valence-corrected chi connectivity index (χ3v) is 10.3. The van der Waals surface area contributed by atoms with Crippen molar-refractivity contribution in [2.75, 3.05) is 0 Å². The Balaban J connectivity index is 1.60. The molecular formula is C29H46O. The minimum atomic E-state index is -0.136. The first kappa shape index (κ1) is 22.4. The van der Waals surface area contributed by atoms with E-state index in [-0.39, 0.29) is 11.5 Å². The van der Waals surface area contributed by atoms with Gasteiger partial charge in [-0.3, -0.25) is 0 Å². The average Bonchev–Trinajstić information content (AvgIpc) is 3.02. The van der Waals surface area contributed by atoms with Crippen LogP contribution in [0.1, 0.15) is 106 Å². The van der Waals surface area contributed by atoms with Gasteiger partial charge in [0, 0.05) is 0 Å². The van der Waals surface area contributed by atoms with E-state index in [1.807, 2.05) is 0 Å². The molecule has 0 amide bonds. The second kappa shape index (κ2) is 7.65. The third-order valence-electron chi connectivity index (χ3n) is 10.3. The van der Waals surface area contributed by atoms with Gasteiger partial charge in [-0.1, -0.05) is 57.9 Å². The van der Waals surface area contributed by atoms with Crippen molar-refractivity contribution in [3.8, 4) is 0 Å². The lowest BCUT2D eigenvalue weighted by Crippen LogP contribution is -2.53. The first-order valence-corrected chi connectivity index (χ1v) is 12.8. The van der Waals surface area contributed by atoms with Crippen molar-refractivity contribution in [1.29, 1.82) is 0 Å². The molecule has 1 heteroatoms. The van der Waals surface area contributed by atoms with Gasteiger partial charge in [-0.15, -0.1) is 0 Å². The van der Waals surface area contributed by atoms with E-state index < -0.39 is 0 Å². The van der Waals surface area contributed by atoms with Crippen molar-refractivity contribution in [3.63, 3.8) is 0 Å². The Morgan fingerprint density at radius 2 is 1.83 bits per heavy atom. The maximum atomic E-state index is 10.7. The average molecular weight is 411 g/mol. The van der Waals surface area contributed by atoms with Gasteiger partial charge < -0.3 is 5.11 Å². The lowest BCUT2D eigenvalue weighted by molar-refractivity contribution is -0.0905. The van der Waals surface area contributed by atoms with Gasteiger partial charge in [0.2, 0.25) is 0 Å². The van der Waals surface area contributed by atoms with Gasteiger partial charge >= 0.3 is 0 Å². The SMILES string of the molecule is CC(C)=CCCC(C)[C@H]1CC=C2C3=C(CC[C@@]21C)[C@@]1(C)CCC(O)C(C)(C)[C@@H]1CC3. The summed E-state index contributed by atoms with van der Waals surface area (Å²) in [5.74, 6) is 2.22. The van der Waals surface area contributed by atoms with E-state index >= 15 is 0 Å². The molecule has 4 rings (SSSR count). The summed E-state index contributed by atoms with van der Waals surface area (Å²) >= 11 is 0. The van der Waals surface area contributed by atoms with Crippen LogP contribution in [0.2, 0.25) is 0 Å². The van der Waals surface area contributed by atoms with Crippen molar-refractivity contribution in [2.24, 2.45) is 34.0 Å². The highest BCUT2D eigenvalue weighted by Gasteiger charge is 2.57. The Morgan fingerprint density at radius 3 is 2.53 bits per heavy atom. The zero-order valence-corrected chi connectivity index (χ0v) is 20.8. The summed E-state index contributed by atoms with van der Waals surface area (Å²) in [5.41, 5.74) is 7.47. The molecule has 1 N–H and O–H groups in total. The molecule has 4 aliphatic carbocycles. The Kier molecular flexibility index (Phi) is 5.70. The summed E-state index contributed by atoms with van der Waals surface area (Å²) < 4.78 is 0. The molecule has 0 aromatic carbocycles. The molecule has 2 unspecified atom stereocenters. The summed E-state index contributed by atoms with van der Waals surface area (Å²) in [6, 6.07) is 0. The summed E-state index contributed by atoms with van der Waals surface area (Å²) in [6.07, 6.45) is 16.0. The molecule has 0 aliphatic heterocycles. The lowest BCUT2D eigenvalue weighted by Gasteiger charge is -2.59. The Hall–Kier alpha value is -0.820. The van der Waals surface area contributed by atoms with E-state index in [4.69, 9.17) is 0 Å². The first-order valence-electron chi connectivity index (χ1n) is 12.8. The highest BCUT2D eigenvalue weighted by molar-refractivity contribution is 5.49. The van der Waals surface area contributed by atoms with Crippen LogP contribution in [0.3, 0.4) is 0 Å². The molecule has 1 fully saturated rings. The second-order valence-electron chi connectivity index (χ2n) is 12.6. The molecule has 0 bridgehead atoms. The number of aliphatic hydroxyl groups is 1. The highest BCUT2D eigenvalue weighted by atomic mass is 16.3. The standard InChI is InChI=1S/C29H46O/c1-19(2)9-8-10-20(3)22-12-13-23-21-11-14-25-27(4,5)26(30)16-18-29(25,7)24(21)15-17-28(22,23)6/h9,13,20,22,25-26,30H,8,10-12,14-18H2,1-7H3/t20?,22-,25+,26?,28-,29-/m1/s1. The van der Waals surface area contributed by atoms with Crippen molar-refractivity contribution in [3.05, 3.63) is 34.4 Å². The van der Waals surface area contributed by atoms with Crippen LogP contribution in [0, 0.1) is 34.0 Å². The van der Waals surface area contributed by atoms with Crippen LogP contribution in [-0.2, 0) is 0 Å². The minimum absolute atomic E-state index is 0.0400. The predicted octanol–water partition coefficient (Wildman–Crippen LogP) is 8.01. The molecule has 6 atom stereocenters. The van der Waals surface area contributed by atoms with Crippen molar-refractivity contribution in [2.45, 2.75) is 112 Å². The third kappa shape index (κ3) is 3.30. The summed E-state index contributed by atoms with van der Waals surface area (Å²) in [7, 11) is 0. The zero-order chi connectivity index (χ0) is 21.9. The normalized spacial score (nSPS) is 40.8. The van der Waals surface area contributed by atoms with Gasteiger partial charge in [0.05, 0.1) is 6.10 Å². The fraction of sp³-hybridized carbons (Fsp3) is 0.793. The monoisotopic (exact) mass is 410 g/mol. The molecule has 1 saturated carbocycles. The number of allylic oxidation sites excluding steroid dienone is 6. The summed E-state index contributed by atoms with van der Waals surface area (Å²) in [4.78, 5) is 0. The number of aliphatic hydroxyl groups excluding tert-OH is 1. The van der Waals surface area contributed by atoms with E-state index in [1.54, 1.807) is 16.7 Å². The van der Waals surface area contributed by atoms with Gasteiger partial charge in [0.15, 0.2) is 0 Å². The fourth-order valence-electron chi connectivity index (χ4n) is 8.41. The van der Waals surface area contributed by atoms with E-state index in [9.17, 15) is 5.11 Å². The van der Waals surface area contributed by atoms with E-state index in [0.29, 0.717) is 16.7 Å². The molecule has 0 aromatic heterocycles. The summed E-state index contributed by atoms with van der Waals surface area (Å²) in [5, 5.41) is 10.7. The van der Waals surface area contributed by atoms with Gasteiger partial charge in [-0.05, 0) is 117 Å². The van der Waals surface area contributed by atoms with Crippen LogP contribution in [0.15, 0.2) is 34.4 Å². The maximum Gasteiger partial charge on any atom is 0.0594 e. The molecule has 0 radical (unpaired) electrons. The molecule has 0 saturated heterocycles. The molecule has 4 aliphatic rings. The van der Waals surface area contributed by atoms with E-state index in [1.165, 1.54) is 56.9 Å². The predicted molar refractivity (Wildman–Crippen MR) is 128 cm³/mol. The molecule has 0 heterocycles. The van der Waals surface area contributed by atoms with Crippen LogP contribution in [-0.4, -0.2) is 11.2 Å². The molecule has 30 heavy (non-hydrogen) atoms. The topological polar surface area (TPSA) is 20.2 Å². The number of fused-ring (bicyclic) bond motifs is 4. The van der Waals surface area contributed by atoms with Gasteiger partial charge in [0.1, 0.15) is 0 Å². The van der Waals surface area contributed by atoms with E-state index in [0.717, 1.165) is 18.3 Å². The highest BCUT2D eigenvalue weighted by Crippen LogP contribution is 2.66. The van der Waals surface area contributed by atoms with Gasteiger partial charge in [-0.2, -0.15) is 0 Å². The van der Waals surface area contributed by atoms with Crippen molar-refractivity contribution >= 4 is 0 Å². The molecule has 1 nitrogen and oxygen atoms in total.